The second-order valence-electron chi connectivity index (χ2n) is 4.69. The highest BCUT2D eigenvalue weighted by molar-refractivity contribution is 5.89. The zero-order chi connectivity index (χ0) is 14.5. The van der Waals surface area contributed by atoms with Crippen molar-refractivity contribution < 1.29 is 19.4 Å². The van der Waals surface area contributed by atoms with E-state index < -0.39 is 12.1 Å². The van der Waals surface area contributed by atoms with E-state index in [0.29, 0.717) is 18.5 Å². The smallest absolute Gasteiger partial charge is 0.332 e. The van der Waals surface area contributed by atoms with Crippen LogP contribution in [0.1, 0.15) is 18.5 Å². The fourth-order valence-corrected chi connectivity index (χ4v) is 1.96. The molecule has 20 heavy (non-hydrogen) atoms. The predicted molar refractivity (Wildman–Crippen MR) is 71.5 cm³/mol. The van der Waals surface area contributed by atoms with Gasteiger partial charge in [-0.05, 0) is 31.9 Å². The molecule has 2 atom stereocenters. The number of nitrogens with one attached hydrogen (secondary N) is 2. The minimum absolute atomic E-state index is 0.252. The highest BCUT2D eigenvalue weighted by Crippen LogP contribution is 2.19. The maximum Gasteiger partial charge on any atom is 0.332 e. The molecule has 0 saturated carbocycles. The number of pyridine rings is 1. The number of rotatable bonds is 4. The van der Waals surface area contributed by atoms with Crippen LogP contribution < -0.4 is 10.6 Å². The topological polar surface area (TPSA) is 101 Å². The molecule has 3 N–H and O–H groups in total. The number of carboxylic acids is 1. The zero-order valence-corrected chi connectivity index (χ0v) is 11.1. The molecule has 7 heteroatoms. The molecule has 0 bridgehead atoms. The van der Waals surface area contributed by atoms with Crippen molar-refractivity contribution >= 4 is 17.7 Å². The number of aromatic nitrogens is 1. The maximum absolute atomic E-state index is 11.6. The van der Waals surface area contributed by atoms with Gasteiger partial charge in [-0.3, -0.25) is 4.98 Å². The number of amides is 2. The number of anilines is 1. The van der Waals surface area contributed by atoms with Crippen LogP contribution in [0.15, 0.2) is 18.3 Å². The lowest BCUT2D eigenvalue weighted by molar-refractivity contribution is -0.149. The molecule has 0 aromatic carbocycles. The van der Waals surface area contributed by atoms with Crippen LogP contribution in [0.2, 0.25) is 0 Å². The molecule has 2 rings (SSSR count). The molecule has 1 aromatic heterocycles. The Morgan fingerprint density at radius 2 is 2.25 bits per heavy atom. The van der Waals surface area contributed by atoms with Gasteiger partial charge in [-0.15, -0.1) is 0 Å². The number of urea groups is 1. The minimum Gasteiger partial charge on any atom is -0.479 e. The number of ether oxygens (including phenoxy) is 1. The molecule has 108 valence electrons. The van der Waals surface area contributed by atoms with Crippen LogP contribution in [0.25, 0.3) is 0 Å². The van der Waals surface area contributed by atoms with Crippen molar-refractivity contribution in [3.63, 3.8) is 0 Å². The van der Waals surface area contributed by atoms with E-state index in [2.05, 4.69) is 15.6 Å². The van der Waals surface area contributed by atoms with E-state index in [-0.39, 0.29) is 18.7 Å². The number of hydrogen-bond donors (Lipinski definition) is 3. The van der Waals surface area contributed by atoms with Crippen molar-refractivity contribution in [2.75, 3.05) is 11.9 Å². The van der Waals surface area contributed by atoms with E-state index in [1.54, 1.807) is 18.3 Å². The van der Waals surface area contributed by atoms with Gasteiger partial charge in [0.25, 0.3) is 0 Å². The summed E-state index contributed by atoms with van der Waals surface area (Å²) < 4.78 is 5.28. The van der Waals surface area contributed by atoms with E-state index in [1.165, 1.54) is 0 Å². The number of nitrogens with zero attached hydrogens (tertiary/aromatic N) is 1. The molecule has 1 saturated heterocycles. The minimum atomic E-state index is -0.956. The van der Waals surface area contributed by atoms with Gasteiger partial charge < -0.3 is 20.5 Å². The molecular formula is C13H17N3O4. The Bertz CT molecular complexity index is 489. The number of aryl methyl sites for hydroxylation is 1. The fraction of sp³-hybridized carbons (Fsp3) is 0.462. The number of aliphatic carboxylic acids is 1. The van der Waals surface area contributed by atoms with Gasteiger partial charge >= 0.3 is 12.0 Å². The molecule has 1 aliphatic heterocycles. The van der Waals surface area contributed by atoms with Gasteiger partial charge in [0.1, 0.15) is 0 Å². The Hall–Kier alpha value is -2.15. The molecule has 2 amide bonds. The molecule has 7 nitrogen and oxygen atoms in total. The van der Waals surface area contributed by atoms with Gasteiger partial charge in [0, 0.05) is 12.2 Å². The summed E-state index contributed by atoms with van der Waals surface area (Å²) in [5.41, 5.74) is 1.47. The van der Waals surface area contributed by atoms with E-state index in [1.807, 2.05) is 6.92 Å². The lowest BCUT2D eigenvalue weighted by atomic mass is 10.2. The molecular weight excluding hydrogens is 262 g/mol. The Balaban J connectivity index is 1.73. The third kappa shape index (κ3) is 3.92. The number of carbonyl (C=O) groups excluding carboxylic acids is 1. The van der Waals surface area contributed by atoms with Gasteiger partial charge in [-0.25, -0.2) is 9.59 Å². The molecule has 1 aromatic rings. The van der Waals surface area contributed by atoms with Crippen LogP contribution in [0.3, 0.4) is 0 Å². The van der Waals surface area contributed by atoms with Gasteiger partial charge in [0.2, 0.25) is 0 Å². The van der Waals surface area contributed by atoms with Crippen molar-refractivity contribution in [2.45, 2.75) is 32.0 Å². The third-order valence-electron chi connectivity index (χ3n) is 3.04. The summed E-state index contributed by atoms with van der Waals surface area (Å²) >= 11 is 0. The van der Waals surface area contributed by atoms with Gasteiger partial charge in [-0.2, -0.15) is 0 Å². The monoisotopic (exact) mass is 279 g/mol. The van der Waals surface area contributed by atoms with Crippen molar-refractivity contribution in [3.05, 3.63) is 24.0 Å². The molecule has 1 fully saturated rings. The highest BCUT2D eigenvalue weighted by atomic mass is 16.5. The van der Waals surface area contributed by atoms with Crippen LogP contribution in [0, 0.1) is 6.92 Å². The van der Waals surface area contributed by atoms with Crippen LogP contribution in [0.5, 0.6) is 0 Å². The second kappa shape index (κ2) is 6.33. The van der Waals surface area contributed by atoms with Crippen LogP contribution in [0.4, 0.5) is 10.5 Å². The Kier molecular flexibility index (Phi) is 4.52. The van der Waals surface area contributed by atoms with E-state index >= 15 is 0 Å². The number of carbonyl (C=O) groups is 2. The standard InChI is InChI=1S/C13H17N3O4/c1-8-2-3-9(6-14-8)16-13(19)15-7-10-4-5-11(20-10)12(17)18/h2-3,6,10-11H,4-5,7H2,1H3,(H,17,18)(H2,15,16,19). The average Bonchev–Trinajstić information content (AvgIpc) is 2.88. The molecule has 0 spiro atoms. The molecule has 1 aliphatic rings. The van der Waals surface area contributed by atoms with Crippen LogP contribution >= 0.6 is 0 Å². The number of carboxylic acid groups (broad SMARTS) is 1. The molecule has 2 heterocycles. The van der Waals surface area contributed by atoms with Crippen molar-refractivity contribution in [2.24, 2.45) is 0 Å². The molecule has 0 radical (unpaired) electrons. The van der Waals surface area contributed by atoms with Gasteiger partial charge in [0.15, 0.2) is 6.10 Å². The largest absolute Gasteiger partial charge is 0.479 e. The predicted octanol–water partition coefficient (Wildman–Crippen LogP) is 1.14. The van der Waals surface area contributed by atoms with Crippen LogP contribution in [-0.4, -0.2) is 40.8 Å². The van der Waals surface area contributed by atoms with Crippen molar-refractivity contribution in [1.82, 2.24) is 10.3 Å². The first-order valence-corrected chi connectivity index (χ1v) is 6.40. The van der Waals surface area contributed by atoms with Crippen molar-refractivity contribution in [1.29, 1.82) is 0 Å². The Morgan fingerprint density at radius 1 is 1.45 bits per heavy atom. The lowest BCUT2D eigenvalue weighted by Gasteiger charge is -2.13. The van der Waals surface area contributed by atoms with E-state index in [4.69, 9.17) is 9.84 Å². The fourth-order valence-electron chi connectivity index (χ4n) is 1.96. The summed E-state index contributed by atoms with van der Waals surface area (Å²) in [7, 11) is 0. The first-order valence-electron chi connectivity index (χ1n) is 6.40. The molecule has 2 unspecified atom stereocenters. The first kappa shape index (κ1) is 14.3. The quantitative estimate of drug-likeness (QED) is 0.767. The van der Waals surface area contributed by atoms with Crippen molar-refractivity contribution in [3.8, 4) is 0 Å². The van der Waals surface area contributed by atoms with E-state index in [9.17, 15) is 9.59 Å². The van der Waals surface area contributed by atoms with Gasteiger partial charge in [0.05, 0.1) is 18.0 Å². The summed E-state index contributed by atoms with van der Waals surface area (Å²) in [5, 5.41) is 14.1. The number of hydrogen-bond acceptors (Lipinski definition) is 4. The third-order valence-corrected chi connectivity index (χ3v) is 3.04. The first-order chi connectivity index (χ1) is 9.54. The average molecular weight is 279 g/mol. The summed E-state index contributed by atoms with van der Waals surface area (Å²) in [6.07, 6.45) is 1.67. The summed E-state index contributed by atoms with van der Waals surface area (Å²) in [6, 6.07) is 3.19. The van der Waals surface area contributed by atoms with E-state index in [0.717, 1.165) is 5.69 Å². The SMILES string of the molecule is Cc1ccc(NC(=O)NCC2CCC(C(=O)O)O2)cn1. The lowest BCUT2D eigenvalue weighted by Crippen LogP contribution is -2.35. The zero-order valence-electron chi connectivity index (χ0n) is 11.1. The van der Waals surface area contributed by atoms with Gasteiger partial charge in [-0.1, -0.05) is 0 Å². The van der Waals surface area contributed by atoms with Crippen LogP contribution in [-0.2, 0) is 9.53 Å². The summed E-state index contributed by atoms with van der Waals surface area (Å²) in [4.78, 5) is 26.4. The Labute approximate surface area is 116 Å². The maximum atomic E-state index is 11.6. The normalized spacial score (nSPS) is 21.4. The summed E-state index contributed by atoms with van der Waals surface area (Å²) in [5.74, 6) is -0.956. The highest BCUT2D eigenvalue weighted by Gasteiger charge is 2.30. The molecule has 0 aliphatic carbocycles. The summed E-state index contributed by atoms with van der Waals surface area (Å²) in [6.45, 7) is 2.15. The Morgan fingerprint density at radius 3 is 2.85 bits per heavy atom. The second-order valence-corrected chi connectivity index (χ2v) is 4.69.